The van der Waals surface area contributed by atoms with Crippen LogP contribution in [-0.2, 0) is 20.4 Å². The number of methoxy groups -OCH3 is 1. The van der Waals surface area contributed by atoms with Crippen LogP contribution in [0.1, 0.15) is 35.2 Å². The van der Waals surface area contributed by atoms with E-state index in [1.807, 2.05) is 61.5 Å². The lowest BCUT2D eigenvalue weighted by Gasteiger charge is -2.47. The van der Waals surface area contributed by atoms with E-state index in [1.54, 1.807) is 36.8 Å². The van der Waals surface area contributed by atoms with Crippen LogP contribution in [0, 0.1) is 5.92 Å². The zero-order valence-electron chi connectivity index (χ0n) is 20.7. The Morgan fingerprint density at radius 2 is 1.89 bits per heavy atom. The van der Waals surface area contributed by atoms with Crippen molar-refractivity contribution in [2.24, 2.45) is 5.92 Å². The number of thiophene rings is 1. The molecule has 3 aromatic rings. The molecular weight excluding hydrogens is 496 g/mol. The second kappa shape index (κ2) is 11.1. The van der Waals surface area contributed by atoms with Crippen LogP contribution >= 0.6 is 11.3 Å². The van der Waals surface area contributed by atoms with Crippen molar-refractivity contribution in [1.82, 2.24) is 9.62 Å². The normalized spacial score (nSPS) is 22.3. The molecule has 0 bridgehead atoms. The number of carbonyl (C=O) groups excluding carboxylic acids is 1. The van der Waals surface area contributed by atoms with Gasteiger partial charge < -0.3 is 14.4 Å². The number of hydrogen-bond acceptors (Lipinski definition) is 7. The predicted molar refractivity (Wildman–Crippen MR) is 141 cm³/mol. The van der Waals surface area contributed by atoms with E-state index < -0.39 is 21.6 Å². The summed E-state index contributed by atoms with van der Waals surface area (Å²) >= 11 is 1.19. The molecule has 1 fully saturated rings. The third-order valence-electron chi connectivity index (χ3n) is 6.60. The third kappa shape index (κ3) is 5.81. The fourth-order valence-corrected chi connectivity index (χ4v) is 7.26. The molecule has 1 heterocycles. The monoisotopic (exact) mass is 528 g/mol. The van der Waals surface area contributed by atoms with Gasteiger partial charge in [0.2, 0.25) is 10.0 Å². The van der Waals surface area contributed by atoms with E-state index in [-0.39, 0.29) is 12.0 Å². The van der Waals surface area contributed by atoms with Gasteiger partial charge in [0.25, 0.3) is 0 Å². The van der Waals surface area contributed by atoms with Crippen molar-refractivity contribution in [3.05, 3.63) is 83.2 Å². The molecule has 0 amide bonds. The zero-order valence-corrected chi connectivity index (χ0v) is 22.3. The first-order chi connectivity index (χ1) is 17.2. The van der Waals surface area contributed by atoms with Crippen LogP contribution in [0.4, 0.5) is 0 Å². The summed E-state index contributed by atoms with van der Waals surface area (Å²) in [7, 11) is 1.92. The van der Waals surface area contributed by atoms with Crippen LogP contribution < -0.4 is 9.46 Å². The summed E-state index contributed by atoms with van der Waals surface area (Å²) in [5.74, 6) is 0.101. The van der Waals surface area contributed by atoms with E-state index in [1.165, 1.54) is 11.3 Å². The minimum atomic E-state index is -3.62. The average molecular weight is 529 g/mol. The van der Waals surface area contributed by atoms with Crippen molar-refractivity contribution in [3.63, 3.8) is 0 Å². The molecule has 36 heavy (non-hydrogen) atoms. The fraction of sp³-hybridized carbons (Fsp3) is 0.370. The Hall–Kier alpha value is -2.72. The van der Waals surface area contributed by atoms with Crippen molar-refractivity contribution in [3.8, 4) is 5.75 Å². The largest absolute Gasteiger partial charge is 0.497 e. The first-order valence-electron chi connectivity index (χ1n) is 11.9. The second-order valence-electron chi connectivity index (χ2n) is 9.36. The summed E-state index contributed by atoms with van der Waals surface area (Å²) in [4.78, 5) is 15.4. The van der Waals surface area contributed by atoms with Gasteiger partial charge in [-0.1, -0.05) is 36.4 Å². The Morgan fingerprint density at radius 3 is 2.56 bits per heavy atom. The van der Waals surface area contributed by atoms with E-state index in [9.17, 15) is 13.2 Å². The number of ether oxygens (including phenoxy) is 2. The Kier molecular flexibility index (Phi) is 8.14. The number of sulfonamides is 1. The van der Waals surface area contributed by atoms with Crippen LogP contribution in [-0.4, -0.2) is 53.1 Å². The highest BCUT2D eigenvalue weighted by Crippen LogP contribution is 2.47. The first-order valence-corrected chi connectivity index (χ1v) is 14.2. The van der Waals surface area contributed by atoms with E-state index in [2.05, 4.69) is 4.72 Å². The lowest BCUT2D eigenvalue weighted by Crippen LogP contribution is -2.52. The van der Waals surface area contributed by atoms with Gasteiger partial charge in [-0.3, -0.25) is 0 Å². The van der Waals surface area contributed by atoms with Gasteiger partial charge in [0.05, 0.1) is 12.7 Å². The summed E-state index contributed by atoms with van der Waals surface area (Å²) in [6, 6.07) is 19.6. The van der Waals surface area contributed by atoms with Crippen LogP contribution in [0.25, 0.3) is 0 Å². The SMILES string of the molecule is COc1cccc(C2(OC(=O)c3ccccc3)CCC(NS(=O)(=O)c3cccs3)CC2CN(C)C)c1. The van der Waals surface area contributed by atoms with Crippen molar-refractivity contribution < 1.29 is 22.7 Å². The van der Waals surface area contributed by atoms with Gasteiger partial charge in [0.15, 0.2) is 0 Å². The summed E-state index contributed by atoms with van der Waals surface area (Å²) in [6.45, 7) is 0.608. The van der Waals surface area contributed by atoms with Crippen molar-refractivity contribution in [2.75, 3.05) is 27.7 Å². The second-order valence-corrected chi connectivity index (χ2v) is 12.2. The molecule has 1 aromatic heterocycles. The number of carbonyl (C=O) groups is 1. The molecular formula is C27H32N2O5S2. The molecule has 1 saturated carbocycles. The van der Waals surface area contributed by atoms with Crippen LogP contribution in [0.3, 0.4) is 0 Å². The van der Waals surface area contributed by atoms with E-state index >= 15 is 0 Å². The minimum absolute atomic E-state index is 0.169. The average Bonchev–Trinajstić information content (AvgIpc) is 3.42. The van der Waals surface area contributed by atoms with Crippen LogP contribution in [0.15, 0.2) is 76.3 Å². The van der Waals surface area contributed by atoms with Gasteiger partial charge in [0.1, 0.15) is 15.6 Å². The van der Waals surface area contributed by atoms with E-state index in [4.69, 9.17) is 9.47 Å². The molecule has 4 rings (SSSR count). The van der Waals surface area contributed by atoms with Gasteiger partial charge in [-0.2, -0.15) is 0 Å². The molecule has 1 aliphatic rings. The number of nitrogens with zero attached hydrogens (tertiary/aromatic N) is 1. The molecule has 3 unspecified atom stereocenters. The smallest absolute Gasteiger partial charge is 0.339 e. The Labute approximate surface area is 217 Å². The lowest BCUT2D eigenvalue weighted by molar-refractivity contribution is -0.0866. The fourth-order valence-electron chi connectivity index (χ4n) is 4.97. The number of benzene rings is 2. The number of hydrogen-bond donors (Lipinski definition) is 1. The first kappa shape index (κ1) is 26.3. The van der Waals surface area contributed by atoms with Gasteiger partial charge in [-0.05, 0) is 74.6 Å². The molecule has 0 spiro atoms. The zero-order chi connectivity index (χ0) is 25.8. The molecule has 3 atom stereocenters. The third-order valence-corrected chi connectivity index (χ3v) is 9.52. The molecule has 7 nitrogen and oxygen atoms in total. The molecule has 0 saturated heterocycles. The van der Waals surface area contributed by atoms with E-state index in [0.717, 1.165) is 5.56 Å². The topological polar surface area (TPSA) is 84.9 Å². The Bertz CT molecular complexity index is 1260. The molecule has 2 aromatic carbocycles. The molecule has 1 aliphatic carbocycles. The highest BCUT2D eigenvalue weighted by molar-refractivity contribution is 7.91. The number of rotatable bonds is 9. The van der Waals surface area contributed by atoms with Crippen LogP contribution in [0.2, 0.25) is 0 Å². The Balaban J connectivity index is 1.71. The predicted octanol–water partition coefficient (Wildman–Crippen LogP) is 4.52. The molecule has 1 N–H and O–H groups in total. The maximum Gasteiger partial charge on any atom is 0.339 e. The maximum atomic E-state index is 13.4. The Morgan fingerprint density at radius 1 is 1.11 bits per heavy atom. The summed E-state index contributed by atoms with van der Waals surface area (Å²) in [6.07, 6.45) is 1.50. The quantitative estimate of drug-likeness (QED) is 0.411. The van der Waals surface area contributed by atoms with Crippen molar-refractivity contribution >= 4 is 27.3 Å². The van der Waals surface area contributed by atoms with E-state index in [0.29, 0.717) is 41.3 Å². The van der Waals surface area contributed by atoms with Gasteiger partial charge >= 0.3 is 5.97 Å². The highest BCUT2D eigenvalue weighted by atomic mass is 32.2. The van der Waals surface area contributed by atoms with Gasteiger partial charge in [0, 0.05) is 18.5 Å². The van der Waals surface area contributed by atoms with Gasteiger partial charge in [-0.15, -0.1) is 11.3 Å². The number of esters is 1. The highest BCUT2D eigenvalue weighted by Gasteiger charge is 2.49. The summed E-state index contributed by atoms with van der Waals surface area (Å²) in [5.41, 5.74) is 0.373. The number of nitrogens with one attached hydrogen (secondary N) is 1. The van der Waals surface area contributed by atoms with Crippen LogP contribution in [0.5, 0.6) is 5.75 Å². The summed E-state index contributed by atoms with van der Waals surface area (Å²) < 4.78 is 41.0. The van der Waals surface area contributed by atoms with Crippen molar-refractivity contribution in [1.29, 1.82) is 0 Å². The standard InChI is InChI=1S/C27H32N2O5S2/c1-29(2)19-22-17-23(28-36(31,32)25-13-8-16-35-25)14-15-27(22,21-11-7-12-24(18-21)33-3)34-26(30)20-9-5-4-6-10-20/h4-13,16,18,22-23,28H,14-15,17,19H2,1-3H3. The molecule has 9 heteroatoms. The van der Waals surface area contributed by atoms with Gasteiger partial charge in [-0.25, -0.2) is 17.9 Å². The molecule has 0 aliphatic heterocycles. The van der Waals surface area contributed by atoms with Crippen molar-refractivity contribution in [2.45, 2.75) is 35.1 Å². The maximum absolute atomic E-state index is 13.4. The molecule has 0 radical (unpaired) electrons. The molecule has 192 valence electrons. The summed E-state index contributed by atoms with van der Waals surface area (Å²) in [5, 5.41) is 1.75. The lowest BCUT2D eigenvalue weighted by atomic mass is 9.69. The minimum Gasteiger partial charge on any atom is -0.497 e.